The molecular weight excluding hydrogens is 289 g/mol. The van der Waals surface area contributed by atoms with Crippen LogP contribution in [-0.4, -0.2) is 29.6 Å². The summed E-state index contributed by atoms with van der Waals surface area (Å²) in [6.07, 6.45) is 0.698. The lowest BCUT2D eigenvalue weighted by Gasteiger charge is -2.25. The number of carboxylic acid groups (broad SMARTS) is 1. The first kappa shape index (κ1) is 17.9. The maximum Gasteiger partial charge on any atom is 0.303 e. The molecule has 0 aromatic heterocycles. The van der Waals surface area contributed by atoms with Crippen LogP contribution in [0, 0.1) is 5.82 Å². The first-order valence-electron chi connectivity index (χ1n) is 7.09. The quantitative estimate of drug-likeness (QED) is 0.773. The second-order valence-electron chi connectivity index (χ2n) is 5.76. The molecule has 1 aromatic carbocycles. The summed E-state index contributed by atoms with van der Waals surface area (Å²) >= 11 is 0. The zero-order valence-corrected chi connectivity index (χ0v) is 13.1. The van der Waals surface area contributed by atoms with Gasteiger partial charge in [-0.25, -0.2) is 4.39 Å². The Labute approximate surface area is 129 Å². The minimum absolute atomic E-state index is 0.0161. The lowest BCUT2D eigenvalue weighted by atomic mass is 9.98. The monoisotopic (exact) mass is 311 g/mol. The fourth-order valence-corrected chi connectivity index (χ4v) is 2.08. The Morgan fingerprint density at radius 2 is 2.00 bits per heavy atom. The summed E-state index contributed by atoms with van der Waals surface area (Å²) in [7, 11) is 1.39. The van der Waals surface area contributed by atoms with Crippen molar-refractivity contribution >= 4 is 11.9 Å². The highest BCUT2D eigenvalue weighted by atomic mass is 19.1. The summed E-state index contributed by atoms with van der Waals surface area (Å²) in [6, 6.07) is 4.81. The van der Waals surface area contributed by atoms with E-state index in [0.717, 1.165) is 0 Å². The Hall–Kier alpha value is -2.11. The van der Waals surface area contributed by atoms with Gasteiger partial charge in [-0.3, -0.25) is 9.59 Å². The molecule has 1 rings (SSSR count). The highest BCUT2D eigenvalue weighted by molar-refractivity contribution is 5.77. The van der Waals surface area contributed by atoms with E-state index in [-0.39, 0.29) is 30.9 Å². The zero-order valence-electron chi connectivity index (χ0n) is 13.1. The van der Waals surface area contributed by atoms with Gasteiger partial charge in [-0.2, -0.15) is 0 Å². The van der Waals surface area contributed by atoms with Crippen LogP contribution in [0.25, 0.3) is 0 Å². The van der Waals surface area contributed by atoms with Gasteiger partial charge in [0, 0.05) is 18.4 Å². The standard InChI is InChI=1S/C16H22FNO4/c1-16(2,10-9-14(20)21)18-13(19)8-7-11-5-4-6-12(22-3)15(11)17/h4-6H,7-10H2,1-3H3,(H,18,19)(H,20,21). The van der Waals surface area contributed by atoms with Crippen LogP contribution in [0.5, 0.6) is 5.75 Å². The summed E-state index contributed by atoms with van der Waals surface area (Å²) < 4.78 is 18.8. The first-order chi connectivity index (χ1) is 10.2. The van der Waals surface area contributed by atoms with Gasteiger partial charge in [-0.05, 0) is 38.3 Å². The van der Waals surface area contributed by atoms with E-state index in [1.807, 2.05) is 0 Å². The van der Waals surface area contributed by atoms with E-state index in [9.17, 15) is 14.0 Å². The second-order valence-corrected chi connectivity index (χ2v) is 5.76. The molecule has 0 aliphatic heterocycles. The average molecular weight is 311 g/mol. The number of hydrogen-bond acceptors (Lipinski definition) is 3. The van der Waals surface area contributed by atoms with Gasteiger partial charge in [0.2, 0.25) is 5.91 Å². The van der Waals surface area contributed by atoms with Crippen LogP contribution in [0.3, 0.4) is 0 Å². The van der Waals surface area contributed by atoms with Crippen molar-refractivity contribution in [1.29, 1.82) is 0 Å². The molecule has 2 N–H and O–H groups in total. The summed E-state index contributed by atoms with van der Waals surface area (Å²) in [5, 5.41) is 11.5. The third-order valence-corrected chi connectivity index (χ3v) is 3.33. The fourth-order valence-electron chi connectivity index (χ4n) is 2.08. The molecule has 0 radical (unpaired) electrons. The van der Waals surface area contributed by atoms with Crippen molar-refractivity contribution in [3.8, 4) is 5.75 Å². The van der Waals surface area contributed by atoms with Crippen LogP contribution in [0.2, 0.25) is 0 Å². The summed E-state index contributed by atoms with van der Waals surface area (Å²) in [4.78, 5) is 22.5. The molecule has 0 saturated heterocycles. The lowest BCUT2D eigenvalue weighted by Crippen LogP contribution is -2.43. The predicted octanol–water partition coefficient (Wildman–Crippen LogP) is 2.53. The van der Waals surface area contributed by atoms with Crippen molar-refractivity contribution in [2.24, 2.45) is 0 Å². The van der Waals surface area contributed by atoms with Crippen molar-refractivity contribution in [3.05, 3.63) is 29.6 Å². The number of aryl methyl sites for hydroxylation is 1. The molecule has 0 fully saturated rings. The molecule has 22 heavy (non-hydrogen) atoms. The number of rotatable bonds is 8. The Morgan fingerprint density at radius 1 is 1.32 bits per heavy atom. The number of hydrogen-bond donors (Lipinski definition) is 2. The van der Waals surface area contributed by atoms with Crippen LogP contribution in [0.15, 0.2) is 18.2 Å². The number of carbonyl (C=O) groups is 2. The number of carbonyl (C=O) groups excluding carboxylic acids is 1. The van der Waals surface area contributed by atoms with E-state index in [2.05, 4.69) is 5.32 Å². The molecular formula is C16H22FNO4. The van der Waals surface area contributed by atoms with Gasteiger partial charge in [0.1, 0.15) is 0 Å². The van der Waals surface area contributed by atoms with E-state index >= 15 is 0 Å². The van der Waals surface area contributed by atoms with Gasteiger partial charge in [-0.15, -0.1) is 0 Å². The third kappa shape index (κ3) is 5.71. The van der Waals surface area contributed by atoms with Gasteiger partial charge in [0.05, 0.1) is 7.11 Å². The van der Waals surface area contributed by atoms with E-state index < -0.39 is 17.3 Å². The Kier molecular flexibility index (Phi) is 6.34. The number of carboxylic acids is 1. The maximum atomic E-state index is 13.9. The van der Waals surface area contributed by atoms with Gasteiger partial charge in [0.25, 0.3) is 0 Å². The van der Waals surface area contributed by atoms with Crippen molar-refractivity contribution in [1.82, 2.24) is 5.32 Å². The van der Waals surface area contributed by atoms with Gasteiger partial charge < -0.3 is 15.2 Å². The van der Waals surface area contributed by atoms with E-state index in [1.54, 1.807) is 26.0 Å². The van der Waals surface area contributed by atoms with Crippen molar-refractivity contribution in [2.45, 2.75) is 45.1 Å². The second kappa shape index (κ2) is 7.77. The molecule has 1 aromatic rings. The van der Waals surface area contributed by atoms with Gasteiger partial charge >= 0.3 is 5.97 Å². The molecule has 6 heteroatoms. The van der Waals surface area contributed by atoms with E-state index in [1.165, 1.54) is 13.2 Å². The smallest absolute Gasteiger partial charge is 0.303 e. The van der Waals surface area contributed by atoms with Crippen LogP contribution >= 0.6 is 0 Å². The molecule has 0 saturated carbocycles. The number of ether oxygens (including phenoxy) is 1. The van der Waals surface area contributed by atoms with Gasteiger partial charge in [0.15, 0.2) is 11.6 Å². The average Bonchev–Trinajstić information content (AvgIpc) is 2.44. The molecule has 0 aliphatic rings. The molecule has 122 valence electrons. The zero-order chi connectivity index (χ0) is 16.8. The highest BCUT2D eigenvalue weighted by Crippen LogP contribution is 2.21. The third-order valence-electron chi connectivity index (χ3n) is 3.33. The number of methoxy groups -OCH3 is 1. The largest absolute Gasteiger partial charge is 0.494 e. The molecule has 0 atom stereocenters. The Bertz CT molecular complexity index is 543. The number of aliphatic carboxylic acids is 1. The Morgan fingerprint density at radius 3 is 2.59 bits per heavy atom. The molecule has 0 bridgehead atoms. The minimum atomic E-state index is -0.902. The van der Waals surface area contributed by atoms with Crippen LogP contribution in [-0.2, 0) is 16.0 Å². The number of nitrogens with one attached hydrogen (secondary N) is 1. The molecule has 1 amide bonds. The number of amides is 1. The topological polar surface area (TPSA) is 75.6 Å². The fraction of sp³-hybridized carbons (Fsp3) is 0.500. The molecule has 0 heterocycles. The lowest BCUT2D eigenvalue weighted by molar-refractivity contribution is -0.137. The summed E-state index contributed by atoms with van der Waals surface area (Å²) in [5.74, 6) is -1.44. The van der Waals surface area contributed by atoms with Crippen molar-refractivity contribution in [3.63, 3.8) is 0 Å². The van der Waals surface area contributed by atoms with Crippen LogP contribution in [0.4, 0.5) is 4.39 Å². The molecule has 5 nitrogen and oxygen atoms in total. The summed E-state index contributed by atoms with van der Waals surface area (Å²) in [6.45, 7) is 3.53. The molecule has 0 unspecified atom stereocenters. The van der Waals surface area contributed by atoms with E-state index in [4.69, 9.17) is 9.84 Å². The maximum absolute atomic E-state index is 13.9. The highest BCUT2D eigenvalue weighted by Gasteiger charge is 2.21. The number of benzene rings is 1. The Balaban J connectivity index is 2.54. The van der Waals surface area contributed by atoms with E-state index in [0.29, 0.717) is 12.0 Å². The predicted molar refractivity (Wildman–Crippen MR) is 80.4 cm³/mol. The van der Waals surface area contributed by atoms with Crippen LogP contribution in [0.1, 0.15) is 38.7 Å². The molecule has 0 aliphatic carbocycles. The summed E-state index contributed by atoms with van der Waals surface area (Å²) in [5.41, 5.74) is -0.194. The van der Waals surface area contributed by atoms with Crippen molar-refractivity contribution in [2.75, 3.05) is 7.11 Å². The van der Waals surface area contributed by atoms with Gasteiger partial charge in [-0.1, -0.05) is 12.1 Å². The minimum Gasteiger partial charge on any atom is -0.494 e. The molecule has 0 spiro atoms. The van der Waals surface area contributed by atoms with Crippen LogP contribution < -0.4 is 10.1 Å². The van der Waals surface area contributed by atoms with Crippen molar-refractivity contribution < 1.29 is 23.8 Å². The number of halogens is 1. The first-order valence-corrected chi connectivity index (χ1v) is 7.09. The normalized spacial score (nSPS) is 11.1. The SMILES string of the molecule is COc1cccc(CCC(=O)NC(C)(C)CCC(=O)O)c1F.